The number of hydrogen-bond acceptors (Lipinski definition) is 1. The van der Waals surface area contributed by atoms with Crippen molar-refractivity contribution in [3.8, 4) is 6.07 Å². The molecule has 1 nitrogen and oxygen atoms in total. The van der Waals surface area contributed by atoms with Crippen LogP contribution in [0.25, 0.3) is 0 Å². The Kier molecular flexibility index (Phi) is 2.82. The highest BCUT2D eigenvalue weighted by atomic mass is 19.1. The Morgan fingerprint density at radius 3 is 2.83 bits per heavy atom. The van der Waals surface area contributed by atoms with Crippen LogP contribution in [0.3, 0.4) is 0 Å². The third kappa shape index (κ3) is 1.82. The highest BCUT2D eigenvalue weighted by Gasteiger charge is 2.00. The molecule has 12 heavy (non-hydrogen) atoms. The van der Waals surface area contributed by atoms with Gasteiger partial charge in [0.25, 0.3) is 0 Å². The minimum absolute atomic E-state index is 0.181. The van der Waals surface area contributed by atoms with Gasteiger partial charge >= 0.3 is 0 Å². The van der Waals surface area contributed by atoms with Crippen molar-refractivity contribution in [1.82, 2.24) is 0 Å². The van der Waals surface area contributed by atoms with E-state index in [0.29, 0.717) is 18.4 Å². The number of hydrogen-bond donors (Lipinski definition) is 0. The van der Waals surface area contributed by atoms with Crippen LogP contribution in [0.4, 0.5) is 4.39 Å². The van der Waals surface area contributed by atoms with Gasteiger partial charge in [-0.05, 0) is 23.6 Å². The molecule has 1 aromatic rings. The van der Waals surface area contributed by atoms with Crippen LogP contribution in [0.2, 0.25) is 0 Å². The topological polar surface area (TPSA) is 23.8 Å². The number of nitriles is 1. The van der Waals surface area contributed by atoms with Crippen LogP contribution in [-0.4, -0.2) is 0 Å². The number of rotatable bonds is 2. The SMILES string of the molecule is CCc1cc(CC#N)ccc1F. The molecule has 0 unspecified atom stereocenters. The van der Waals surface area contributed by atoms with Crippen LogP contribution in [0.1, 0.15) is 18.1 Å². The van der Waals surface area contributed by atoms with Gasteiger partial charge in [0.1, 0.15) is 5.82 Å². The maximum Gasteiger partial charge on any atom is 0.126 e. The first-order valence-corrected chi connectivity index (χ1v) is 3.92. The van der Waals surface area contributed by atoms with Crippen LogP contribution in [0.5, 0.6) is 0 Å². The smallest absolute Gasteiger partial charge is 0.126 e. The zero-order valence-electron chi connectivity index (χ0n) is 6.97. The van der Waals surface area contributed by atoms with Crippen LogP contribution in [-0.2, 0) is 12.8 Å². The fourth-order valence-electron chi connectivity index (χ4n) is 1.10. The third-order valence-corrected chi connectivity index (χ3v) is 1.77. The summed E-state index contributed by atoms with van der Waals surface area (Å²) in [4.78, 5) is 0. The molecular weight excluding hydrogens is 153 g/mol. The minimum Gasteiger partial charge on any atom is -0.207 e. The van der Waals surface area contributed by atoms with Gasteiger partial charge in [0.15, 0.2) is 0 Å². The number of aryl methyl sites for hydroxylation is 1. The van der Waals surface area contributed by atoms with Crippen LogP contribution >= 0.6 is 0 Å². The molecule has 0 amide bonds. The van der Waals surface area contributed by atoms with Gasteiger partial charge in [0.2, 0.25) is 0 Å². The molecule has 62 valence electrons. The van der Waals surface area contributed by atoms with Crippen LogP contribution in [0.15, 0.2) is 18.2 Å². The molecule has 0 atom stereocenters. The summed E-state index contributed by atoms with van der Waals surface area (Å²) < 4.78 is 12.9. The lowest BCUT2D eigenvalue weighted by molar-refractivity contribution is 0.611. The normalized spacial score (nSPS) is 9.42. The van der Waals surface area contributed by atoms with Crippen molar-refractivity contribution in [2.24, 2.45) is 0 Å². The van der Waals surface area contributed by atoms with Crippen molar-refractivity contribution >= 4 is 0 Å². The largest absolute Gasteiger partial charge is 0.207 e. The van der Waals surface area contributed by atoms with Gasteiger partial charge < -0.3 is 0 Å². The molecule has 0 aliphatic rings. The van der Waals surface area contributed by atoms with Crippen LogP contribution in [0, 0.1) is 17.1 Å². The van der Waals surface area contributed by atoms with Crippen molar-refractivity contribution in [1.29, 1.82) is 5.26 Å². The fourth-order valence-corrected chi connectivity index (χ4v) is 1.10. The lowest BCUT2D eigenvalue weighted by atomic mass is 10.1. The van der Waals surface area contributed by atoms with Gasteiger partial charge in [-0.15, -0.1) is 0 Å². The van der Waals surface area contributed by atoms with E-state index in [2.05, 4.69) is 0 Å². The van der Waals surface area contributed by atoms with E-state index in [1.54, 1.807) is 12.1 Å². The second kappa shape index (κ2) is 3.87. The fraction of sp³-hybridized carbons (Fsp3) is 0.300. The quantitative estimate of drug-likeness (QED) is 0.657. The van der Waals surface area contributed by atoms with Gasteiger partial charge in [-0.3, -0.25) is 0 Å². The van der Waals surface area contributed by atoms with Gasteiger partial charge in [0.05, 0.1) is 12.5 Å². The van der Waals surface area contributed by atoms with Crippen molar-refractivity contribution < 1.29 is 4.39 Å². The maximum absolute atomic E-state index is 12.9. The summed E-state index contributed by atoms with van der Waals surface area (Å²) in [7, 11) is 0. The van der Waals surface area contributed by atoms with E-state index < -0.39 is 0 Å². The van der Waals surface area contributed by atoms with E-state index in [0.717, 1.165) is 5.56 Å². The first-order chi connectivity index (χ1) is 5.77. The summed E-state index contributed by atoms with van der Waals surface area (Å²) in [5.41, 5.74) is 1.57. The molecule has 0 aliphatic carbocycles. The zero-order valence-corrected chi connectivity index (χ0v) is 6.97. The van der Waals surface area contributed by atoms with E-state index in [1.165, 1.54) is 6.07 Å². The summed E-state index contributed by atoms with van der Waals surface area (Å²) >= 11 is 0. The molecule has 0 fully saturated rings. The molecule has 0 saturated carbocycles. The van der Waals surface area contributed by atoms with E-state index in [-0.39, 0.29) is 5.82 Å². The Balaban J connectivity index is 2.98. The summed E-state index contributed by atoms with van der Waals surface area (Å²) in [6.07, 6.45) is 1.03. The second-order valence-corrected chi connectivity index (χ2v) is 2.61. The van der Waals surface area contributed by atoms with Gasteiger partial charge in [-0.2, -0.15) is 5.26 Å². The third-order valence-electron chi connectivity index (χ3n) is 1.77. The highest BCUT2D eigenvalue weighted by molar-refractivity contribution is 5.26. The molecule has 0 bridgehead atoms. The van der Waals surface area contributed by atoms with E-state index >= 15 is 0 Å². The summed E-state index contributed by atoms with van der Waals surface area (Å²) in [5.74, 6) is -0.181. The maximum atomic E-state index is 12.9. The zero-order chi connectivity index (χ0) is 8.97. The summed E-state index contributed by atoms with van der Waals surface area (Å²) in [5, 5.41) is 8.41. The first kappa shape index (κ1) is 8.73. The Hall–Kier alpha value is -1.36. The molecule has 0 N–H and O–H groups in total. The molecule has 1 rings (SSSR count). The van der Waals surface area contributed by atoms with Crippen molar-refractivity contribution in [2.45, 2.75) is 19.8 Å². The predicted molar refractivity (Wildman–Crippen MR) is 45.1 cm³/mol. The molecule has 0 saturated heterocycles. The standard InChI is InChI=1S/C10H10FN/c1-2-9-7-8(5-6-12)3-4-10(9)11/h3-4,7H,2,5H2,1H3. The monoisotopic (exact) mass is 163 g/mol. The predicted octanol–water partition coefficient (Wildman–Crippen LogP) is 2.45. The van der Waals surface area contributed by atoms with E-state index in [4.69, 9.17) is 5.26 Å². The highest BCUT2D eigenvalue weighted by Crippen LogP contribution is 2.11. The first-order valence-electron chi connectivity index (χ1n) is 3.92. The molecule has 0 aromatic heterocycles. The summed E-state index contributed by atoms with van der Waals surface area (Å²) in [6.45, 7) is 1.90. The lowest BCUT2D eigenvalue weighted by Gasteiger charge is -2.00. The van der Waals surface area contributed by atoms with Gasteiger partial charge in [-0.1, -0.05) is 19.1 Å². The van der Waals surface area contributed by atoms with Crippen molar-refractivity contribution in [2.75, 3.05) is 0 Å². The molecule has 0 aliphatic heterocycles. The Bertz CT molecular complexity index is 312. The Morgan fingerprint density at radius 2 is 2.25 bits per heavy atom. The Morgan fingerprint density at radius 1 is 1.50 bits per heavy atom. The van der Waals surface area contributed by atoms with Crippen LogP contribution < -0.4 is 0 Å². The number of halogens is 1. The van der Waals surface area contributed by atoms with Crippen molar-refractivity contribution in [3.63, 3.8) is 0 Å². The average molecular weight is 163 g/mol. The minimum atomic E-state index is -0.181. The number of nitrogens with zero attached hydrogens (tertiary/aromatic N) is 1. The molecule has 0 radical (unpaired) electrons. The molecule has 2 heteroatoms. The van der Waals surface area contributed by atoms with Gasteiger partial charge in [0, 0.05) is 0 Å². The molecule has 1 aromatic carbocycles. The summed E-state index contributed by atoms with van der Waals surface area (Å²) in [6, 6.07) is 6.85. The average Bonchev–Trinajstić information content (AvgIpc) is 2.09. The molecular formula is C10H10FN. The lowest BCUT2D eigenvalue weighted by Crippen LogP contribution is -1.90. The second-order valence-electron chi connectivity index (χ2n) is 2.61. The van der Waals surface area contributed by atoms with E-state index in [9.17, 15) is 4.39 Å². The molecule has 0 spiro atoms. The number of benzene rings is 1. The molecule has 0 heterocycles. The Labute approximate surface area is 71.4 Å². The van der Waals surface area contributed by atoms with Gasteiger partial charge in [-0.25, -0.2) is 4.39 Å². The van der Waals surface area contributed by atoms with E-state index in [1.807, 2.05) is 13.0 Å². The van der Waals surface area contributed by atoms with Crippen molar-refractivity contribution in [3.05, 3.63) is 35.1 Å².